The lowest BCUT2D eigenvalue weighted by Gasteiger charge is -2.06. The number of rotatable bonds is 2. The Morgan fingerprint density at radius 2 is 2.11 bits per heavy atom. The van der Waals surface area contributed by atoms with Gasteiger partial charge < -0.3 is 11.1 Å². The van der Waals surface area contributed by atoms with Crippen molar-refractivity contribution in [3.63, 3.8) is 0 Å². The first kappa shape index (κ1) is 12.4. The van der Waals surface area contributed by atoms with Gasteiger partial charge in [-0.1, -0.05) is 11.6 Å². The number of carbonyl (C=O) groups is 1. The molecule has 0 aliphatic carbocycles. The van der Waals surface area contributed by atoms with Gasteiger partial charge in [-0.05, 0) is 37.3 Å². The fraction of sp³-hybridized carbons (Fsp3) is 0.0769. The van der Waals surface area contributed by atoms with Gasteiger partial charge in [0.2, 0.25) is 0 Å². The van der Waals surface area contributed by atoms with Gasteiger partial charge in [-0.15, -0.1) is 0 Å². The topological polar surface area (TPSA) is 68.0 Å². The van der Waals surface area contributed by atoms with Crippen LogP contribution in [-0.4, -0.2) is 10.9 Å². The number of pyridine rings is 1. The van der Waals surface area contributed by atoms with Crippen LogP contribution in [0.3, 0.4) is 0 Å². The summed E-state index contributed by atoms with van der Waals surface area (Å²) in [7, 11) is 0. The molecule has 0 aliphatic heterocycles. The molecule has 92 valence electrons. The molecule has 0 saturated carbocycles. The number of nitrogens with one attached hydrogen (secondary N) is 1. The molecule has 2 rings (SSSR count). The lowest BCUT2D eigenvalue weighted by atomic mass is 10.2. The Balaban J connectivity index is 2.16. The molecule has 0 spiro atoms. The predicted molar refractivity (Wildman–Crippen MR) is 72.8 cm³/mol. The summed E-state index contributed by atoms with van der Waals surface area (Å²) in [6.07, 6.45) is 1.60. The molecular formula is C13H12ClN3O. The van der Waals surface area contributed by atoms with Crippen LogP contribution in [0.5, 0.6) is 0 Å². The maximum atomic E-state index is 11.9. The summed E-state index contributed by atoms with van der Waals surface area (Å²) in [5.74, 6) is -0.246. The highest BCUT2D eigenvalue weighted by Crippen LogP contribution is 2.20. The SMILES string of the molecule is Cc1ccc(NC(=O)c2ccc(Cl)c(N)c2)cn1. The number of benzene rings is 1. The van der Waals surface area contributed by atoms with E-state index in [1.807, 2.05) is 13.0 Å². The number of halogens is 1. The van der Waals surface area contributed by atoms with Gasteiger partial charge in [0, 0.05) is 11.3 Å². The molecule has 2 aromatic rings. The van der Waals surface area contributed by atoms with Crippen molar-refractivity contribution in [2.45, 2.75) is 6.92 Å². The van der Waals surface area contributed by atoms with Crippen molar-refractivity contribution < 1.29 is 4.79 Å². The Kier molecular flexibility index (Phi) is 3.48. The van der Waals surface area contributed by atoms with Crippen LogP contribution in [0.2, 0.25) is 5.02 Å². The minimum Gasteiger partial charge on any atom is -0.398 e. The molecule has 1 aromatic carbocycles. The average molecular weight is 262 g/mol. The van der Waals surface area contributed by atoms with Gasteiger partial charge in [-0.25, -0.2) is 0 Å². The fourth-order valence-corrected chi connectivity index (χ4v) is 1.55. The molecule has 0 unspecified atom stereocenters. The zero-order chi connectivity index (χ0) is 13.1. The van der Waals surface area contributed by atoms with Gasteiger partial charge in [0.15, 0.2) is 0 Å². The number of nitrogens with zero attached hydrogens (tertiary/aromatic N) is 1. The zero-order valence-corrected chi connectivity index (χ0v) is 10.5. The number of anilines is 2. The number of hydrogen-bond acceptors (Lipinski definition) is 3. The monoisotopic (exact) mass is 261 g/mol. The number of aryl methyl sites for hydroxylation is 1. The first-order valence-corrected chi connectivity index (χ1v) is 5.73. The zero-order valence-electron chi connectivity index (χ0n) is 9.77. The largest absolute Gasteiger partial charge is 0.398 e. The van der Waals surface area contributed by atoms with Crippen molar-refractivity contribution in [2.24, 2.45) is 0 Å². The number of carbonyl (C=O) groups excluding carboxylic acids is 1. The van der Waals surface area contributed by atoms with Crippen LogP contribution >= 0.6 is 11.6 Å². The Bertz CT molecular complexity index is 581. The molecular weight excluding hydrogens is 250 g/mol. The lowest BCUT2D eigenvalue weighted by molar-refractivity contribution is 0.102. The molecule has 0 fully saturated rings. The smallest absolute Gasteiger partial charge is 0.255 e. The second-order valence-electron chi connectivity index (χ2n) is 3.88. The average Bonchev–Trinajstić information content (AvgIpc) is 2.35. The van der Waals surface area contributed by atoms with Crippen molar-refractivity contribution in [1.29, 1.82) is 0 Å². The summed E-state index contributed by atoms with van der Waals surface area (Å²) >= 11 is 5.80. The number of hydrogen-bond donors (Lipinski definition) is 2. The third kappa shape index (κ3) is 2.78. The standard InChI is InChI=1S/C13H12ClN3O/c1-8-2-4-10(7-16-8)17-13(18)9-3-5-11(14)12(15)6-9/h2-7H,15H2,1H3,(H,17,18). The highest BCUT2D eigenvalue weighted by molar-refractivity contribution is 6.33. The van der Waals surface area contributed by atoms with E-state index in [9.17, 15) is 4.79 Å². The van der Waals surface area contributed by atoms with Crippen molar-refractivity contribution in [1.82, 2.24) is 4.98 Å². The maximum absolute atomic E-state index is 11.9. The number of nitrogens with two attached hydrogens (primary N) is 1. The highest BCUT2D eigenvalue weighted by atomic mass is 35.5. The molecule has 0 aliphatic rings. The molecule has 3 N–H and O–H groups in total. The van der Waals surface area contributed by atoms with E-state index in [-0.39, 0.29) is 5.91 Å². The highest BCUT2D eigenvalue weighted by Gasteiger charge is 2.08. The summed E-state index contributed by atoms with van der Waals surface area (Å²) in [4.78, 5) is 16.0. The summed E-state index contributed by atoms with van der Waals surface area (Å²) < 4.78 is 0. The quantitative estimate of drug-likeness (QED) is 0.817. The Morgan fingerprint density at radius 3 is 2.72 bits per heavy atom. The second kappa shape index (κ2) is 5.06. The van der Waals surface area contributed by atoms with E-state index in [4.69, 9.17) is 17.3 Å². The molecule has 0 atom stereocenters. The van der Waals surface area contributed by atoms with E-state index in [0.717, 1.165) is 5.69 Å². The van der Waals surface area contributed by atoms with Crippen LogP contribution in [0.25, 0.3) is 0 Å². The third-order valence-electron chi connectivity index (χ3n) is 2.43. The second-order valence-corrected chi connectivity index (χ2v) is 4.29. The van der Waals surface area contributed by atoms with E-state index >= 15 is 0 Å². The first-order chi connectivity index (χ1) is 8.56. The number of aromatic nitrogens is 1. The molecule has 5 heteroatoms. The molecule has 4 nitrogen and oxygen atoms in total. The molecule has 1 amide bonds. The van der Waals surface area contributed by atoms with E-state index in [0.29, 0.717) is 22.0 Å². The number of amides is 1. The number of nitrogen functional groups attached to an aromatic ring is 1. The van der Waals surface area contributed by atoms with Crippen LogP contribution in [-0.2, 0) is 0 Å². The normalized spacial score (nSPS) is 10.1. The van der Waals surface area contributed by atoms with E-state index in [1.165, 1.54) is 0 Å². The molecule has 1 heterocycles. The minimum atomic E-state index is -0.246. The van der Waals surface area contributed by atoms with Crippen molar-refractivity contribution in [3.05, 3.63) is 52.8 Å². The van der Waals surface area contributed by atoms with Crippen LogP contribution in [0.1, 0.15) is 16.1 Å². The lowest BCUT2D eigenvalue weighted by Crippen LogP contribution is -2.12. The fourth-order valence-electron chi connectivity index (χ4n) is 1.43. The molecule has 18 heavy (non-hydrogen) atoms. The van der Waals surface area contributed by atoms with E-state index in [1.54, 1.807) is 30.5 Å². The summed E-state index contributed by atoms with van der Waals surface area (Å²) in [6.45, 7) is 1.88. The van der Waals surface area contributed by atoms with Gasteiger partial charge in [0.1, 0.15) is 0 Å². The molecule has 0 bridgehead atoms. The maximum Gasteiger partial charge on any atom is 0.255 e. The first-order valence-electron chi connectivity index (χ1n) is 5.35. The summed E-state index contributed by atoms with van der Waals surface area (Å²) in [6, 6.07) is 8.37. The third-order valence-corrected chi connectivity index (χ3v) is 2.77. The predicted octanol–water partition coefficient (Wildman–Crippen LogP) is 2.88. The van der Waals surface area contributed by atoms with Crippen molar-refractivity contribution in [3.8, 4) is 0 Å². The van der Waals surface area contributed by atoms with Crippen LogP contribution in [0.4, 0.5) is 11.4 Å². The Labute approximate surface area is 110 Å². The van der Waals surface area contributed by atoms with Crippen molar-refractivity contribution >= 4 is 28.9 Å². The molecule has 1 aromatic heterocycles. The van der Waals surface area contributed by atoms with Crippen molar-refractivity contribution in [2.75, 3.05) is 11.1 Å². The van der Waals surface area contributed by atoms with Gasteiger partial charge in [-0.2, -0.15) is 0 Å². The van der Waals surface area contributed by atoms with E-state index in [2.05, 4.69) is 10.3 Å². The van der Waals surface area contributed by atoms with E-state index < -0.39 is 0 Å². The minimum absolute atomic E-state index is 0.246. The summed E-state index contributed by atoms with van der Waals surface area (Å²) in [5, 5.41) is 3.17. The van der Waals surface area contributed by atoms with Crippen LogP contribution in [0, 0.1) is 6.92 Å². The van der Waals surface area contributed by atoms with Gasteiger partial charge >= 0.3 is 0 Å². The van der Waals surface area contributed by atoms with Gasteiger partial charge in [-0.3, -0.25) is 9.78 Å². The van der Waals surface area contributed by atoms with Gasteiger partial charge in [0.05, 0.1) is 22.6 Å². The molecule has 0 saturated heterocycles. The molecule has 0 radical (unpaired) electrons. The Morgan fingerprint density at radius 1 is 1.33 bits per heavy atom. The van der Waals surface area contributed by atoms with Crippen LogP contribution in [0.15, 0.2) is 36.5 Å². The van der Waals surface area contributed by atoms with Crippen LogP contribution < -0.4 is 11.1 Å². The Hall–Kier alpha value is -2.07. The summed E-state index contributed by atoms with van der Waals surface area (Å²) in [5.41, 5.74) is 8.01. The van der Waals surface area contributed by atoms with Gasteiger partial charge in [0.25, 0.3) is 5.91 Å².